The number of nitrogens with zero attached hydrogens (tertiary/aromatic N) is 4. The van der Waals surface area contributed by atoms with Gasteiger partial charge in [-0.2, -0.15) is 0 Å². The van der Waals surface area contributed by atoms with Crippen LogP contribution in [-0.4, -0.2) is 19.1 Å². The first-order valence-electron chi connectivity index (χ1n) is 17.7. The zero-order chi connectivity index (χ0) is 34.2. The molecule has 0 aliphatic carbocycles. The summed E-state index contributed by atoms with van der Waals surface area (Å²) in [6, 6.07) is 65.0. The fraction of sp³-hybridized carbons (Fsp3) is 0. The number of fused-ring (bicyclic) bond motifs is 9. The Kier molecular flexibility index (Phi) is 6.22. The molecule has 242 valence electrons. The lowest BCUT2D eigenvalue weighted by Crippen LogP contribution is -1.99. The van der Waals surface area contributed by atoms with Crippen molar-refractivity contribution in [2.75, 3.05) is 0 Å². The topological polar surface area (TPSA) is 35.6 Å². The van der Waals surface area contributed by atoms with Crippen LogP contribution in [0.3, 0.4) is 0 Å². The van der Waals surface area contributed by atoms with Crippen molar-refractivity contribution >= 4 is 65.3 Å². The minimum Gasteiger partial charge on any atom is -0.307 e. The lowest BCUT2D eigenvalue weighted by Gasteiger charge is -2.14. The highest BCUT2D eigenvalue weighted by atomic mass is 15.0. The summed E-state index contributed by atoms with van der Waals surface area (Å²) in [5, 5.41) is 8.43. The molecule has 11 rings (SSSR count). The SMILES string of the molecule is c1ccc(-c2nc(-c3ccc(-n4c5ccccc5c5ccc6c7ccccc7n(-c7ccc8ccccc8c7)c6c54)cc3)c3ccccc3n2)cc1. The second-order valence-electron chi connectivity index (χ2n) is 13.4. The van der Waals surface area contributed by atoms with Crippen molar-refractivity contribution in [1.82, 2.24) is 19.1 Å². The summed E-state index contributed by atoms with van der Waals surface area (Å²) in [4.78, 5) is 10.1. The van der Waals surface area contributed by atoms with Crippen molar-refractivity contribution in [3.63, 3.8) is 0 Å². The Bertz CT molecular complexity index is 3170. The number of hydrogen-bond acceptors (Lipinski definition) is 2. The van der Waals surface area contributed by atoms with E-state index >= 15 is 0 Å². The summed E-state index contributed by atoms with van der Waals surface area (Å²) >= 11 is 0. The molecule has 3 heterocycles. The Morgan fingerprint density at radius 3 is 1.62 bits per heavy atom. The van der Waals surface area contributed by atoms with Gasteiger partial charge in [0.25, 0.3) is 0 Å². The third-order valence-corrected chi connectivity index (χ3v) is 10.5. The normalized spacial score (nSPS) is 11.8. The van der Waals surface area contributed by atoms with Gasteiger partial charge in [0.1, 0.15) is 0 Å². The lowest BCUT2D eigenvalue weighted by molar-refractivity contribution is 1.15. The van der Waals surface area contributed by atoms with Gasteiger partial charge < -0.3 is 9.13 Å². The Morgan fingerprint density at radius 2 is 0.904 bits per heavy atom. The molecule has 4 nitrogen and oxygen atoms in total. The van der Waals surface area contributed by atoms with Crippen molar-refractivity contribution in [2.45, 2.75) is 0 Å². The van der Waals surface area contributed by atoms with Gasteiger partial charge in [0.2, 0.25) is 0 Å². The molecule has 4 heteroatoms. The van der Waals surface area contributed by atoms with Crippen LogP contribution in [0.1, 0.15) is 0 Å². The van der Waals surface area contributed by atoms with Crippen LogP contribution in [0.5, 0.6) is 0 Å². The molecule has 8 aromatic carbocycles. The van der Waals surface area contributed by atoms with Gasteiger partial charge in [-0.15, -0.1) is 0 Å². The molecule has 0 radical (unpaired) electrons. The molecule has 0 aliphatic heterocycles. The molecule has 0 N–H and O–H groups in total. The van der Waals surface area contributed by atoms with E-state index in [2.05, 4.69) is 167 Å². The van der Waals surface area contributed by atoms with Gasteiger partial charge in [0.15, 0.2) is 5.82 Å². The molecule has 0 fully saturated rings. The highest BCUT2D eigenvalue weighted by Crippen LogP contribution is 2.42. The van der Waals surface area contributed by atoms with E-state index in [1.54, 1.807) is 0 Å². The summed E-state index contributed by atoms with van der Waals surface area (Å²) in [7, 11) is 0. The van der Waals surface area contributed by atoms with Gasteiger partial charge in [0, 0.05) is 49.4 Å². The van der Waals surface area contributed by atoms with Gasteiger partial charge in [-0.1, -0.05) is 140 Å². The van der Waals surface area contributed by atoms with E-state index in [0.717, 1.165) is 44.9 Å². The average Bonchev–Trinajstić information content (AvgIpc) is 3.74. The van der Waals surface area contributed by atoms with E-state index in [-0.39, 0.29) is 0 Å². The standard InChI is InChI=1S/C48H30N4/c1-2-13-33(14-3-1)48-49-42-19-9-6-18-41(42)45(50-48)32-23-25-35(26-24-32)51-43-20-10-7-16-37(43)39-28-29-40-38-17-8-11-21-44(38)52(47(40)46(39)51)36-27-22-31-12-4-5-15-34(31)30-36/h1-30H. The molecule has 0 atom stereocenters. The van der Waals surface area contributed by atoms with Crippen LogP contribution in [0.2, 0.25) is 0 Å². The summed E-state index contributed by atoms with van der Waals surface area (Å²) < 4.78 is 4.90. The predicted octanol–water partition coefficient (Wildman–Crippen LogP) is 12.3. The maximum absolute atomic E-state index is 5.14. The highest BCUT2D eigenvalue weighted by molar-refractivity contribution is 6.24. The molecule has 0 aliphatic rings. The van der Waals surface area contributed by atoms with Gasteiger partial charge in [-0.3, -0.25) is 0 Å². The van der Waals surface area contributed by atoms with E-state index in [1.807, 2.05) is 24.3 Å². The van der Waals surface area contributed by atoms with Crippen LogP contribution < -0.4 is 0 Å². The van der Waals surface area contributed by atoms with E-state index in [4.69, 9.17) is 9.97 Å². The van der Waals surface area contributed by atoms with Crippen LogP contribution in [0.4, 0.5) is 0 Å². The van der Waals surface area contributed by atoms with Gasteiger partial charge in [-0.25, -0.2) is 9.97 Å². The van der Waals surface area contributed by atoms with Crippen LogP contribution in [0.25, 0.3) is 99.3 Å². The molecule has 0 unspecified atom stereocenters. The van der Waals surface area contributed by atoms with E-state index in [1.165, 1.54) is 54.4 Å². The van der Waals surface area contributed by atoms with Crippen molar-refractivity contribution in [3.8, 4) is 34.0 Å². The fourth-order valence-electron chi connectivity index (χ4n) is 8.13. The maximum atomic E-state index is 5.14. The molecular formula is C48H30N4. The zero-order valence-electron chi connectivity index (χ0n) is 28.1. The van der Waals surface area contributed by atoms with Crippen LogP contribution in [0, 0.1) is 0 Å². The smallest absolute Gasteiger partial charge is 0.160 e. The van der Waals surface area contributed by atoms with E-state index in [9.17, 15) is 0 Å². The monoisotopic (exact) mass is 662 g/mol. The quantitative estimate of drug-likeness (QED) is 0.188. The average molecular weight is 663 g/mol. The van der Waals surface area contributed by atoms with Gasteiger partial charge in [-0.05, 0) is 53.2 Å². The Balaban J connectivity index is 1.18. The Labute approximate surface area is 299 Å². The zero-order valence-corrected chi connectivity index (χ0v) is 28.1. The molecule has 0 spiro atoms. The van der Waals surface area contributed by atoms with Crippen molar-refractivity contribution in [3.05, 3.63) is 182 Å². The Hall–Kier alpha value is -7.04. The largest absolute Gasteiger partial charge is 0.307 e. The first-order valence-corrected chi connectivity index (χ1v) is 17.7. The third-order valence-electron chi connectivity index (χ3n) is 10.5. The molecule has 52 heavy (non-hydrogen) atoms. The molecule has 3 aromatic heterocycles. The molecule has 0 saturated heterocycles. The molecule has 11 aromatic rings. The molecule has 0 amide bonds. The van der Waals surface area contributed by atoms with Gasteiger partial charge in [0.05, 0.1) is 33.3 Å². The third kappa shape index (κ3) is 4.28. The number of benzene rings is 8. The van der Waals surface area contributed by atoms with Gasteiger partial charge >= 0.3 is 0 Å². The minimum absolute atomic E-state index is 0.727. The maximum Gasteiger partial charge on any atom is 0.160 e. The summed E-state index contributed by atoms with van der Waals surface area (Å²) in [5.74, 6) is 0.727. The summed E-state index contributed by atoms with van der Waals surface area (Å²) in [5.41, 5.74) is 10.9. The minimum atomic E-state index is 0.727. The van der Waals surface area contributed by atoms with E-state index < -0.39 is 0 Å². The second kappa shape index (κ2) is 11.2. The molecule has 0 bridgehead atoms. The van der Waals surface area contributed by atoms with Crippen molar-refractivity contribution in [1.29, 1.82) is 0 Å². The summed E-state index contributed by atoms with van der Waals surface area (Å²) in [6.07, 6.45) is 0. The predicted molar refractivity (Wildman–Crippen MR) is 217 cm³/mol. The van der Waals surface area contributed by atoms with Crippen LogP contribution >= 0.6 is 0 Å². The van der Waals surface area contributed by atoms with Crippen LogP contribution in [-0.2, 0) is 0 Å². The highest BCUT2D eigenvalue weighted by Gasteiger charge is 2.21. The van der Waals surface area contributed by atoms with Crippen molar-refractivity contribution in [2.24, 2.45) is 0 Å². The second-order valence-corrected chi connectivity index (χ2v) is 13.4. The number of hydrogen-bond donors (Lipinski definition) is 0. The lowest BCUT2D eigenvalue weighted by atomic mass is 10.0. The molecular weight excluding hydrogens is 633 g/mol. The van der Waals surface area contributed by atoms with Crippen molar-refractivity contribution < 1.29 is 0 Å². The number of rotatable bonds is 4. The first-order chi connectivity index (χ1) is 25.8. The number of para-hydroxylation sites is 3. The van der Waals surface area contributed by atoms with E-state index in [0.29, 0.717) is 0 Å². The Morgan fingerprint density at radius 1 is 0.346 bits per heavy atom. The number of aromatic nitrogens is 4. The van der Waals surface area contributed by atoms with Crippen LogP contribution in [0.15, 0.2) is 182 Å². The first kappa shape index (κ1) is 28.8. The summed E-state index contributed by atoms with van der Waals surface area (Å²) in [6.45, 7) is 0. The molecule has 0 saturated carbocycles. The fourth-order valence-corrected chi connectivity index (χ4v) is 8.13.